The van der Waals surface area contributed by atoms with E-state index in [0.717, 1.165) is 71.3 Å². The van der Waals surface area contributed by atoms with Gasteiger partial charge in [0.1, 0.15) is 0 Å². The molecule has 1 aromatic rings. The molecule has 0 bridgehead atoms. The largest absolute Gasteiger partial charge is 0.372 e. The van der Waals surface area contributed by atoms with Gasteiger partial charge in [0.05, 0.1) is 24.4 Å². The second-order valence-corrected chi connectivity index (χ2v) is 20.9. The fourth-order valence-electron chi connectivity index (χ4n) is 16.3. The topological polar surface area (TPSA) is 24.9 Å². The SMILES string of the molecule is CC1CCC2C(C1)OC1CC(C)CC3C4CC(c5ccccc5C5CCC6C(C5)C5CC(C)CC7OC8CC(C)CCC8N6C75)CCC4N2C13. The number of ether oxygens (including phenoxy) is 2. The Balaban J connectivity index is 0.861. The molecule has 10 aliphatic rings. The number of hydrogen-bond acceptors (Lipinski definition) is 4. The molecule has 20 unspecified atom stereocenters. The van der Waals surface area contributed by atoms with E-state index in [2.05, 4.69) is 61.8 Å². The summed E-state index contributed by atoms with van der Waals surface area (Å²) in [5.41, 5.74) is 3.55. The zero-order valence-electron chi connectivity index (χ0n) is 31.9. The standard InChI is InChI=1S/C46H68N2O2/c1-25-9-13-39-41(19-25)49-43-21-27(3)17-35-33-23-29(11-15-37(33)47(39)45(35)43)31-7-5-6-8-32(31)30-12-16-38-34(24-30)36-18-28(4)22-44-46(36)48(38)40-14-10-26(2)20-42(40)50-44/h5-8,25-30,33-46H,9-24H2,1-4H3. The van der Waals surface area contributed by atoms with Crippen molar-refractivity contribution in [2.75, 3.05) is 0 Å². The van der Waals surface area contributed by atoms with Gasteiger partial charge in [0.2, 0.25) is 0 Å². The Kier molecular flexibility index (Phi) is 7.99. The first kappa shape index (κ1) is 32.5. The van der Waals surface area contributed by atoms with Crippen LogP contribution in [-0.4, -0.2) is 70.5 Å². The van der Waals surface area contributed by atoms with Crippen molar-refractivity contribution in [2.24, 2.45) is 47.3 Å². The van der Waals surface area contributed by atoms with Crippen molar-refractivity contribution in [1.82, 2.24) is 9.80 Å². The number of fused-ring (bicyclic) bond motifs is 10. The molecule has 0 aromatic heterocycles. The van der Waals surface area contributed by atoms with Crippen LogP contribution < -0.4 is 0 Å². The number of morpholine rings is 2. The minimum atomic E-state index is 0.493. The van der Waals surface area contributed by atoms with E-state index >= 15 is 0 Å². The van der Waals surface area contributed by atoms with Gasteiger partial charge in [-0.05, 0) is 173 Å². The van der Waals surface area contributed by atoms with Gasteiger partial charge in [-0.1, -0.05) is 52.0 Å². The van der Waals surface area contributed by atoms with Crippen molar-refractivity contribution in [3.05, 3.63) is 35.4 Å². The first-order valence-corrected chi connectivity index (χ1v) is 22.3. The smallest absolute Gasteiger partial charge is 0.0740 e. The Bertz CT molecular complexity index is 1330. The molecule has 274 valence electrons. The van der Waals surface area contributed by atoms with Crippen molar-refractivity contribution in [2.45, 2.75) is 203 Å². The Morgan fingerprint density at radius 2 is 0.840 bits per heavy atom. The quantitative estimate of drug-likeness (QED) is 0.311. The third-order valence-electron chi connectivity index (χ3n) is 17.9. The predicted molar refractivity (Wildman–Crippen MR) is 200 cm³/mol. The molecule has 4 heterocycles. The van der Waals surface area contributed by atoms with Crippen LogP contribution in [0.25, 0.3) is 0 Å². The van der Waals surface area contributed by atoms with Crippen molar-refractivity contribution >= 4 is 0 Å². The third kappa shape index (κ3) is 4.95. The van der Waals surface area contributed by atoms with Crippen LogP contribution in [0.3, 0.4) is 0 Å². The normalized spacial score (nSPS) is 55.6. The highest BCUT2D eigenvalue weighted by Crippen LogP contribution is 2.60. The molecule has 0 N–H and O–H groups in total. The molecule has 0 spiro atoms. The van der Waals surface area contributed by atoms with Gasteiger partial charge in [0.25, 0.3) is 0 Å². The zero-order valence-corrected chi connectivity index (χ0v) is 31.9. The monoisotopic (exact) mass is 681 g/mol. The molecule has 0 amide bonds. The lowest BCUT2D eigenvalue weighted by Crippen LogP contribution is -2.64. The van der Waals surface area contributed by atoms with Gasteiger partial charge >= 0.3 is 0 Å². The molecule has 0 radical (unpaired) electrons. The molecular formula is C46H68N2O2. The van der Waals surface area contributed by atoms with E-state index in [0.29, 0.717) is 48.6 Å². The van der Waals surface area contributed by atoms with E-state index in [1.54, 1.807) is 11.1 Å². The van der Waals surface area contributed by atoms with Crippen LogP contribution in [0.15, 0.2) is 24.3 Å². The van der Waals surface area contributed by atoms with E-state index in [1.807, 2.05) is 0 Å². The first-order valence-electron chi connectivity index (χ1n) is 22.3. The summed E-state index contributed by atoms with van der Waals surface area (Å²) in [6, 6.07) is 14.5. The van der Waals surface area contributed by atoms with Gasteiger partial charge in [0.15, 0.2) is 0 Å². The lowest BCUT2D eigenvalue weighted by Gasteiger charge is -2.55. The second kappa shape index (κ2) is 12.3. The highest BCUT2D eigenvalue weighted by atomic mass is 16.5. The van der Waals surface area contributed by atoms with E-state index < -0.39 is 0 Å². The molecule has 6 aliphatic carbocycles. The molecule has 10 fully saturated rings. The Morgan fingerprint density at radius 1 is 0.420 bits per heavy atom. The van der Waals surface area contributed by atoms with Crippen LogP contribution >= 0.6 is 0 Å². The summed E-state index contributed by atoms with van der Waals surface area (Å²) >= 11 is 0. The number of nitrogens with zero attached hydrogens (tertiary/aromatic N) is 2. The van der Waals surface area contributed by atoms with Gasteiger partial charge in [-0.25, -0.2) is 0 Å². The van der Waals surface area contributed by atoms with Gasteiger partial charge in [0, 0.05) is 36.3 Å². The maximum absolute atomic E-state index is 7.12. The fraction of sp³-hybridized carbons (Fsp3) is 0.870. The average Bonchev–Trinajstić information content (AvgIpc) is 3.61. The molecule has 4 saturated heterocycles. The third-order valence-corrected chi connectivity index (χ3v) is 17.9. The lowest BCUT2D eigenvalue weighted by molar-refractivity contribution is -0.187. The molecule has 4 aliphatic heterocycles. The summed E-state index contributed by atoms with van der Waals surface area (Å²) in [5.74, 6) is 8.23. The number of hydrogen-bond donors (Lipinski definition) is 0. The summed E-state index contributed by atoms with van der Waals surface area (Å²) in [6.45, 7) is 10.0. The maximum Gasteiger partial charge on any atom is 0.0740 e. The number of benzene rings is 1. The molecule has 50 heavy (non-hydrogen) atoms. The summed E-state index contributed by atoms with van der Waals surface area (Å²) < 4.78 is 14.2. The van der Waals surface area contributed by atoms with Gasteiger partial charge < -0.3 is 9.47 Å². The molecule has 20 atom stereocenters. The lowest BCUT2D eigenvalue weighted by atomic mass is 9.64. The Hall–Kier alpha value is -0.940. The average molecular weight is 681 g/mol. The Labute approximate surface area is 304 Å². The van der Waals surface area contributed by atoms with Crippen LogP contribution in [0, 0.1) is 47.3 Å². The van der Waals surface area contributed by atoms with Crippen LogP contribution in [0.5, 0.6) is 0 Å². The molecule has 4 nitrogen and oxygen atoms in total. The number of rotatable bonds is 2. The minimum Gasteiger partial charge on any atom is -0.372 e. The van der Waals surface area contributed by atoms with E-state index in [4.69, 9.17) is 9.47 Å². The molecule has 4 heteroatoms. The zero-order chi connectivity index (χ0) is 33.4. The highest BCUT2D eigenvalue weighted by molar-refractivity contribution is 5.35. The molecule has 1 aromatic carbocycles. The van der Waals surface area contributed by atoms with Crippen molar-refractivity contribution < 1.29 is 9.47 Å². The molecule has 11 rings (SSSR count). The minimum absolute atomic E-state index is 0.493. The molecular weight excluding hydrogens is 613 g/mol. The van der Waals surface area contributed by atoms with Crippen LogP contribution in [0.2, 0.25) is 0 Å². The van der Waals surface area contributed by atoms with E-state index in [1.165, 1.54) is 103 Å². The summed E-state index contributed by atoms with van der Waals surface area (Å²) in [6.07, 6.45) is 24.1. The maximum atomic E-state index is 7.12. The van der Waals surface area contributed by atoms with Crippen molar-refractivity contribution in [3.8, 4) is 0 Å². The van der Waals surface area contributed by atoms with E-state index in [9.17, 15) is 0 Å². The molecule has 6 saturated carbocycles. The summed E-state index contributed by atoms with van der Waals surface area (Å²) in [5, 5.41) is 0. The van der Waals surface area contributed by atoms with Gasteiger partial charge in [-0.3, -0.25) is 9.80 Å². The van der Waals surface area contributed by atoms with Crippen LogP contribution in [-0.2, 0) is 9.47 Å². The van der Waals surface area contributed by atoms with Crippen LogP contribution in [0.4, 0.5) is 0 Å². The highest BCUT2D eigenvalue weighted by Gasteiger charge is 2.63. The summed E-state index contributed by atoms with van der Waals surface area (Å²) in [7, 11) is 0. The first-order chi connectivity index (χ1) is 24.4. The van der Waals surface area contributed by atoms with Gasteiger partial charge in [-0.15, -0.1) is 0 Å². The fourth-order valence-corrected chi connectivity index (χ4v) is 16.3. The van der Waals surface area contributed by atoms with Crippen molar-refractivity contribution in [3.63, 3.8) is 0 Å². The van der Waals surface area contributed by atoms with Gasteiger partial charge in [-0.2, -0.15) is 0 Å². The second-order valence-electron chi connectivity index (χ2n) is 20.9. The van der Waals surface area contributed by atoms with Crippen LogP contribution in [0.1, 0.15) is 153 Å². The Morgan fingerprint density at radius 3 is 1.30 bits per heavy atom. The van der Waals surface area contributed by atoms with Crippen molar-refractivity contribution in [1.29, 1.82) is 0 Å². The van der Waals surface area contributed by atoms with E-state index in [-0.39, 0.29) is 0 Å². The predicted octanol–water partition coefficient (Wildman–Crippen LogP) is 9.56. The summed E-state index contributed by atoms with van der Waals surface area (Å²) in [4.78, 5) is 6.34.